The minimum atomic E-state index is -0.940. The molecular formula is C24H22F2N4O2S. The van der Waals surface area contributed by atoms with Gasteiger partial charge in [-0.25, -0.2) is 13.2 Å². The fourth-order valence-electron chi connectivity index (χ4n) is 3.95. The van der Waals surface area contributed by atoms with Crippen LogP contribution in [0.3, 0.4) is 0 Å². The molecule has 0 bridgehead atoms. The Morgan fingerprint density at radius 2 is 1.70 bits per heavy atom. The third kappa shape index (κ3) is 4.98. The SMILES string of the molecule is CSN=CCCC1(Nc2ccc(F)cc2)C=C2C(=O)NC(=O)C2C=C1Nc1ccc(F)cc1. The summed E-state index contributed by atoms with van der Waals surface area (Å²) in [5.74, 6) is -2.31. The van der Waals surface area contributed by atoms with Crippen LogP contribution in [-0.4, -0.2) is 29.8 Å². The zero-order valence-corrected chi connectivity index (χ0v) is 18.6. The second-order valence-electron chi connectivity index (χ2n) is 7.72. The third-order valence-corrected chi connectivity index (χ3v) is 5.87. The minimum Gasteiger partial charge on any atom is -0.371 e. The first-order chi connectivity index (χ1) is 15.9. The molecule has 0 saturated carbocycles. The first kappa shape index (κ1) is 22.7. The second-order valence-corrected chi connectivity index (χ2v) is 8.30. The standard InChI is InChI=1S/C24H22F2N4O2S/c1-33-27-12-2-11-24(30-18-9-5-16(26)6-10-18)14-20-19(22(31)29-23(20)32)13-21(24)28-17-7-3-15(25)4-8-17/h3-10,12-14,19,28,30H,2,11H2,1H3,(H,29,31,32). The van der Waals surface area contributed by atoms with E-state index in [0.29, 0.717) is 35.5 Å². The van der Waals surface area contributed by atoms with Crippen LogP contribution >= 0.6 is 11.9 Å². The lowest BCUT2D eigenvalue weighted by Crippen LogP contribution is -2.44. The van der Waals surface area contributed by atoms with Crippen LogP contribution in [0.5, 0.6) is 0 Å². The Hall–Kier alpha value is -3.46. The lowest BCUT2D eigenvalue weighted by atomic mass is 9.78. The van der Waals surface area contributed by atoms with E-state index in [2.05, 4.69) is 20.3 Å². The number of nitrogens with one attached hydrogen (secondary N) is 3. The van der Waals surface area contributed by atoms with Gasteiger partial charge in [0.2, 0.25) is 5.91 Å². The maximum atomic E-state index is 13.5. The van der Waals surface area contributed by atoms with E-state index in [-0.39, 0.29) is 11.6 Å². The first-order valence-electron chi connectivity index (χ1n) is 10.3. The summed E-state index contributed by atoms with van der Waals surface area (Å²) in [5.41, 5.74) is 1.28. The molecule has 2 aromatic rings. The lowest BCUT2D eigenvalue weighted by Gasteiger charge is -2.39. The van der Waals surface area contributed by atoms with Crippen LogP contribution in [0.25, 0.3) is 0 Å². The number of imide groups is 1. The van der Waals surface area contributed by atoms with Gasteiger partial charge in [-0.05, 0) is 85.5 Å². The number of hydrogen-bond acceptors (Lipinski definition) is 6. The van der Waals surface area contributed by atoms with Crippen LogP contribution < -0.4 is 16.0 Å². The Bertz CT molecular complexity index is 1150. The summed E-state index contributed by atoms with van der Waals surface area (Å²) in [7, 11) is 0. The quantitative estimate of drug-likeness (QED) is 0.303. The van der Waals surface area contributed by atoms with Crippen molar-refractivity contribution in [1.82, 2.24) is 5.32 Å². The fourth-order valence-corrected chi connectivity index (χ4v) is 4.20. The van der Waals surface area contributed by atoms with Gasteiger partial charge in [0.05, 0.1) is 11.5 Å². The highest BCUT2D eigenvalue weighted by molar-refractivity contribution is 7.97. The van der Waals surface area contributed by atoms with Gasteiger partial charge in [-0.1, -0.05) is 0 Å². The average molecular weight is 469 g/mol. The summed E-state index contributed by atoms with van der Waals surface area (Å²) >= 11 is 1.33. The molecule has 2 atom stereocenters. The summed E-state index contributed by atoms with van der Waals surface area (Å²) in [6.07, 6.45) is 8.12. The largest absolute Gasteiger partial charge is 0.371 e. The Morgan fingerprint density at radius 3 is 2.33 bits per heavy atom. The molecule has 2 unspecified atom stereocenters. The van der Waals surface area contributed by atoms with Gasteiger partial charge >= 0.3 is 0 Å². The van der Waals surface area contributed by atoms with E-state index >= 15 is 0 Å². The van der Waals surface area contributed by atoms with E-state index in [0.717, 1.165) is 0 Å². The minimum absolute atomic E-state index is 0.348. The van der Waals surface area contributed by atoms with Crippen molar-refractivity contribution in [3.63, 3.8) is 0 Å². The van der Waals surface area contributed by atoms with Crippen molar-refractivity contribution >= 4 is 41.4 Å². The van der Waals surface area contributed by atoms with Crippen LogP contribution in [0.1, 0.15) is 12.8 Å². The molecular weight excluding hydrogens is 446 g/mol. The predicted molar refractivity (Wildman–Crippen MR) is 127 cm³/mol. The maximum absolute atomic E-state index is 13.5. The van der Waals surface area contributed by atoms with Crippen LogP contribution in [-0.2, 0) is 9.59 Å². The molecule has 2 aromatic carbocycles. The van der Waals surface area contributed by atoms with E-state index < -0.39 is 23.3 Å². The van der Waals surface area contributed by atoms with Gasteiger partial charge in [-0.2, -0.15) is 0 Å². The topological polar surface area (TPSA) is 82.6 Å². The fraction of sp³-hybridized carbons (Fsp3) is 0.208. The molecule has 0 aromatic heterocycles. The smallest absolute Gasteiger partial charge is 0.254 e. The number of hydrogen-bond donors (Lipinski definition) is 3. The highest BCUT2D eigenvalue weighted by Crippen LogP contribution is 2.39. The summed E-state index contributed by atoms with van der Waals surface area (Å²) < 4.78 is 31.2. The zero-order valence-electron chi connectivity index (χ0n) is 17.8. The molecule has 2 amide bonds. The molecule has 33 heavy (non-hydrogen) atoms. The molecule has 0 spiro atoms. The van der Waals surface area contributed by atoms with E-state index in [4.69, 9.17) is 0 Å². The molecule has 1 aliphatic heterocycles. The van der Waals surface area contributed by atoms with Gasteiger partial charge in [0.1, 0.15) is 11.6 Å². The highest BCUT2D eigenvalue weighted by Gasteiger charge is 2.45. The molecule has 3 N–H and O–H groups in total. The van der Waals surface area contributed by atoms with Crippen molar-refractivity contribution in [3.05, 3.63) is 83.6 Å². The monoisotopic (exact) mass is 468 g/mol. The van der Waals surface area contributed by atoms with Crippen molar-refractivity contribution < 1.29 is 18.4 Å². The normalized spacial score (nSPS) is 22.0. The van der Waals surface area contributed by atoms with Crippen molar-refractivity contribution in [1.29, 1.82) is 0 Å². The highest BCUT2D eigenvalue weighted by atomic mass is 32.2. The van der Waals surface area contributed by atoms with Gasteiger partial charge in [-0.15, -0.1) is 0 Å². The number of amides is 2. The molecule has 1 aliphatic carbocycles. The van der Waals surface area contributed by atoms with Crippen molar-refractivity contribution in [3.8, 4) is 0 Å². The lowest BCUT2D eigenvalue weighted by molar-refractivity contribution is -0.125. The summed E-state index contributed by atoms with van der Waals surface area (Å²) in [6, 6.07) is 11.7. The number of anilines is 2. The Balaban J connectivity index is 1.78. The molecule has 1 saturated heterocycles. The summed E-state index contributed by atoms with van der Waals surface area (Å²) in [4.78, 5) is 24.9. The van der Waals surface area contributed by atoms with E-state index in [9.17, 15) is 18.4 Å². The summed E-state index contributed by atoms with van der Waals surface area (Å²) in [6.45, 7) is 0. The van der Waals surface area contributed by atoms with Gasteiger partial charge in [0.25, 0.3) is 5.91 Å². The van der Waals surface area contributed by atoms with Crippen LogP contribution in [0.4, 0.5) is 20.2 Å². The molecule has 170 valence electrons. The van der Waals surface area contributed by atoms with Gasteiger partial charge in [0.15, 0.2) is 0 Å². The van der Waals surface area contributed by atoms with Gasteiger partial charge < -0.3 is 10.6 Å². The zero-order chi connectivity index (χ0) is 23.4. The van der Waals surface area contributed by atoms with Gasteiger partial charge in [-0.3, -0.25) is 14.9 Å². The summed E-state index contributed by atoms with van der Waals surface area (Å²) in [5, 5.41) is 9.07. The molecule has 1 heterocycles. The maximum Gasteiger partial charge on any atom is 0.254 e. The molecule has 4 rings (SSSR count). The van der Waals surface area contributed by atoms with Crippen LogP contribution in [0, 0.1) is 17.6 Å². The molecule has 1 fully saturated rings. The van der Waals surface area contributed by atoms with E-state index in [1.165, 1.54) is 36.2 Å². The van der Waals surface area contributed by atoms with Crippen LogP contribution in [0.2, 0.25) is 0 Å². The molecule has 0 radical (unpaired) electrons. The molecule has 6 nitrogen and oxygen atoms in total. The van der Waals surface area contributed by atoms with E-state index in [1.54, 1.807) is 42.6 Å². The second kappa shape index (κ2) is 9.58. The van der Waals surface area contributed by atoms with Crippen molar-refractivity contribution in [2.45, 2.75) is 18.4 Å². The first-order valence-corrected chi connectivity index (χ1v) is 11.5. The molecule has 2 aliphatic rings. The number of nitrogens with zero attached hydrogens (tertiary/aromatic N) is 1. The predicted octanol–water partition coefficient (Wildman–Crippen LogP) is 4.45. The number of fused-ring (bicyclic) bond motifs is 1. The third-order valence-electron chi connectivity index (χ3n) is 5.51. The Kier molecular flexibility index (Phi) is 6.60. The number of carbonyl (C=O) groups is 2. The number of benzene rings is 2. The van der Waals surface area contributed by atoms with E-state index in [1.807, 2.05) is 6.26 Å². The van der Waals surface area contributed by atoms with Crippen molar-refractivity contribution in [2.24, 2.45) is 10.3 Å². The number of halogens is 2. The van der Waals surface area contributed by atoms with Gasteiger partial charge in [0, 0.05) is 35.1 Å². The number of carbonyl (C=O) groups excluding carboxylic acids is 2. The molecule has 9 heteroatoms. The Morgan fingerprint density at radius 1 is 1.06 bits per heavy atom. The van der Waals surface area contributed by atoms with Crippen molar-refractivity contribution in [2.75, 3.05) is 16.9 Å². The average Bonchev–Trinajstić information content (AvgIpc) is 3.07. The van der Waals surface area contributed by atoms with Crippen LogP contribution in [0.15, 0.2) is 76.4 Å². The Labute approximate surface area is 194 Å². The number of rotatable bonds is 8.